The zero-order chi connectivity index (χ0) is 13.8. The molecule has 0 aromatic heterocycles. The third-order valence-electron chi connectivity index (χ3n) is 2.79. The van der Waals surface area contributed by atoms with E-state index in [1.807, 2.05) is 18.2 Å². The van der Waals surface area contributed by atoms with Gasteiger partial charge >= 0.3 is 0 Å². The van der Waals surface area contributed by atoms with Crippen LogP contribution in [0, 0.1) is 5.41 Å². The SMILES string of the molecule is CCCNC(CC(C)(C)C)c1cc(Cl)ccc1Cl. The average molecular weight is 288 g/mol. The first-order chi connectivity index (χ1) is 8.33. The molecule has 0 amide bonds. The highest BCUT2D eigenvalue weighted by molar-refractivity contribution is 6.33. The van der Waals surface area contributed by atoms with Crippen molar-refractivity contribution in [1.82, 2.24) is 5.32 Å². The van der Waals surface area contributed by atoms with Crippen molar-refractivity contribution in [2.45, 2.75) is 46.6 Å². The molecule has 1 aromatic carbocycles. The molecule has 3 heteroatoms. The Bertz CT molecular complexity index is 383. The summed E-state index contributed by atoms with van der Waals surface area (Å²) in [6.07, 6.45) is 2.14. The summed E-state index contributed by atoms with van der Waals surface area (Å²) in [5, 5.41) is 5.10. The summed E-state index contributed by atoms with van der Waals surface area (Å²) >= 11 is 12.4. The lowest BCUT2D eigenvalue weighted by atomic mass is 9.85. The minimum absolute atomic E-state index is 0.247. The van der Waals surface area contributed by atoms with E-state index >= 15 is 0 Å². The molecular formula is C15H23Cl2N. The fourth-order valence-corrected chi connectivity index (χ4v) is 2.43. The van der Waals surface area contributed by atoms with Crippen molar-refractivity contribution in [3.05, 3.63) is 33.8 Å². The highest BCUT2D eigenvalue weighted by Gasteiger charge is 2.21. The van der Waals surface area contributed by atoms with E-state index in [9.17, 15) is 0 Å². The van der Waals surface area contributed by atoms with E-state index in [4.69, 9.17) is 23.2 Å². The predicted molar refractivity (Wildman–Crippen MR) is 81.6 cm³/mol. The summed E-state index contributed by atoms with van der Waals surface area (Å²) < 4.78 is 0. The normalized spacial score (nSPS) is 13.7. The van der Waals surface area contributed by atoms with Crippen molar-refractivity contribution < 1.29 is 0 Å². The first-order valence-electron chi connectivity index (χ1n) is 6.52. The van der Waals surface area contributed by atoms with Crippen LogP contribution in [-0.2, 0) is 0 Å². The van der Waals surface area contributed by atoms with Gasteiger partial charge in [0.15, 0.2) is 0 Å². The van der Waals surface area contributed by atoms with Gasteiger partial charge in [0.2, 0.25) is 0 Å². The van der Waals surface area contributed by atoms with Crippen molar-refractivity contribution in [2.75, 3.05) is 6.54 Å². The van der Waals surface area contributed by atoms with Crippen LogP contribution in [0.5, 0.6) is 0 Å². The first-order valence-corrected chi connectivity index (χ1v) is 7.27. The minimum Gasteiger partial charge on any atom is -0.310 e. The summed E-state index contributed by atoms with van der Waals surface area (Å²) in [5.41, 5.74) is 1.35. The molecule has 1 unspecified atom stereocenters. The quantitative estimate of drug-likeness (QED) is 0.757. The van der Waals surface area contributed by atoms with Gasteiger partial charge in [-0.3, -0.25) is 0 Å². The van der Waals surface area contributed by atoms with E-state index in [0.717, 1.165) is 35.0 Å². The lowest BCUT2D eigenvalue weighted by Crippen LogP contribution is -2.26. The molecule has 0 aliphatic carbocycles. The lowest BCUT2D eigenvalue weighted by Gasteiger charge is -2.28. The Morgan fingerprint density at radius 2 is 1.89 bits per heavy atom. The molecule has 18 heavy (non-hydrogen) atoms. The highest BCUT2D eigenvalue weighted by atomic mass is 35.5. The van der Waals surface area contributed by atoms with Gasteiger partial charge in [0.25, 0.3) is 0 Å². The average Bonchev–Trinajstić information content (AvgIpc) is 2.26. The third-order valence-corrected chi connectivity index (χ3v) is 3.37. The van der Waals surface area contributed by atoms with Crippen LogP contribution < -0.4 is 5.32 Å². The molecule has 0 radical (unpaired) electrons. The zero-order valence-electron chi connectivity index (χ0n) is 11.7. The Kier molecular flexibility index (Phi) is 5.97. The maximum atomic E-state index is 6.30. The van der Waals surface area contributed by atoms with Crippen molar-refractivity contribution in [2.24, 2.45) is 5.41 Å². The molecule has 102 valence electrons. The van der Waals surface area contributed by atoms with Gasteiger partial charge in [-0.2, -0.15) is 0 Å². The number of rotatable bonds is 5. The molecule has 0 bridgehead atoms. The van der Waals surface area contributed by atoms with Gasteiger partial charge in [0.1, 0.15) is 0 Å². The molecule has 0 fully saturated rings. The van der Waals surface area contributed by atoms with E-state index in [0.29, 0.717) is 0 Å². The van der Waals surface area contributed by atoms with Crippen LogP contribution in [0.1, 0.15) is 52.1 Å². The Balaban J connectivity index is 2.97. The largest absolute Gasteiger partial charge is 0.310 e. The van der Waals surface area contributed by atoms with Crippen molar-refractivity contribution in [1.29, 1.82) is 0 Å². The van der Waals surface area contributed by atoms with Crippen LogP contribution in [-0.4, -0.2) is 6.54 Å². The lowest BCUT2D eigenvalue weighted by molar-refractivity contribution is 0.311. The monoisotopic (exact) mass is 287 g/mol. The van der Waals surface area contributed by atoms with Gasteiger partial charge in [0.05, 0.1) is 0 Å². The Labute approximate surface area is 121 Å². The summed E-state index contributed by atoms with van der Waals surface area (Å²) in [5.74, 6) is 0. The number of benzene rings is 1. The molecule has 1 rings (SSSR count). The highest BCUT2D eigenvalue weighted by Crippen LogP contribution is 2.34. The van der Waals surface area contributed by atoms with Crippen molar-refractivity contribution in [3.63, 3.8) is 0 Å². The second-order valence-corrected chi connectivity index (χ2v) is 6.78. The van der Waals surface area contributed by atoms with Gasteiger partial charge < -0.3 is 5.32 Å². The van der Waals surface area contributed by atoms with Crippen LogP contribution in [0.3, 0.4) is 0 Å². The molecular weight excluding hydrogens is 265 g/mol. The summed E-state index contributed by atoms with van der Waals surface area (Å²) in [7, 11) is 0. The maximum Gasteiger partial charge on any atom is 0.0454 e. The summed E-state index contributed by atoms with van der Waals surface area (Å²) in [6, 6.07) is 5.95. The number of hydrogen-bond acceptors (Lipinski definition) is 1. The fraction of sp³-hybridized carbons (Fsp3) is 0.600. The third kappa shape index (κ3) is 5.17. The van der Waals surface area contributed by atoms with Gasteiger partial charge in [-0.25, -0.2) is 0 Å². The molecule has 1 nitrogen and oxygen atoms in total. The van der Waals surface area contributed by atoms with E-state index in [1.54, 1.807) is 0 Å². The van der Waals surface area contributed by atoms with Gasteiger partial charge in [-0.15, -0.1) is 0 Å². The number of hydrogen-bond donors (Lipinski definition) is 1. The zero-order valence-corrected chi connectivity index (χ0v) is 13.2. The number of halogens is 2. The second kappa shape index (κ2) is 6.79. The minimum atomic E-state index is 0.247. The van der Waals surface area contributed by atoms with E-state index in [2.05, 4.69) is 33.0 Å². The maximum absolute atomic E-state index is 6.30. The van der Waals surface area contributed by atoms with Crippen LogP contribution in [0.15, 0.2) is 18.2 Å². The van der Waals surface area contributed by atoms with E-state index < -0.39 is 0 Å². The van der Waals surface area contributed by atoms with Gasteiger partial charge in [-0.05, 0) is 48.6 Å². The van der Waals surface area contributed by atoms with Gasteiger partial charge in [-0.1, -0.05) is 50.9 Å². The molecule has 0 spiro atoms. The molecule has 0 aliphatic heterocycles. The second-order valence-electron chi connectivity index (χ2n) is 5.94. The number of nitrogens with one attached hydrogen (secondary N) is 1. The summed E-state index contributed by atoms with van der Waals surface area (Å²) in [4.78, 5) is 0. The first kappa shape index (κ1) is 15.8. The van der Waals surface area contributed by atoms with Crippen LogP contribution >= 0.6 is 23.2 Å². The Morgan fingerprint density at radius 1 is 1.22 bits per heavy atom. The molecule has 0 heterocycles. The summed E-state index contributed by atoms with van der Waals surface area (Å²) in [6.45, 7) is 9.88. The van der Waals surface area contributed by atoms with Crippen LogP contribution in [0.2, 0.25) is 10.0 Å². The molecule has 1 atom stereocenters. The van der Waals surface area contributed by atoms with Crippen molar-refractivity contribution >= 4 is 23.2 Å². The molecule has 1 N–H and O–H groups in total. The van der Waals surface area contributed by atoms with E-state index in [1.165, 1.54) is 0 Å². The molecule has 0 aliphatic rings. The van der Waals surface area contributed by atoms with Crippen LogP contribution in [0.4, 0.5) is 0 Å². The molecule has 0 saturated heterocycles. The standard InChI is InChI=1S/C15H23Cl2N/c1-5-8-18-14(10-15(2,3)4)12-9-11(16)6-7-13(12)17/h6-7,9,14,18H,5,8,10H2,1-4H3. The van der Waals surface area contributed by atoms with Crippen LogP contribution in [0.25, 0.3) is 0 Å². The molecule has 1 aromatic rings. The molecule has 0 saturated carbocycles. The van der Waals surface area contributed by atoms with Crippen molar-refractivity contribution in [3.8, 4) is 0 Å². The smallest absolute Gasteiger partial charge is 0.0454 e. The van der Waals surface area contributed by atoms with E-state index in [-0.39, 0.29) is 11.5 Å². The Hall–Kier alpha value is -0.240. The van der Waals surface area contributed by atoms with Gasteiger partial charge in [0, 0.05) is 16.1 Å². The fourth-order valence-electron chi connectivity index (χ4n) is 2.00. The predicted octanol–water partition coefficient (Wildman–Crippen LogP) is 5.47. The topological polar surface area (TPSA) is 12.0 Å². The Morgan fingerprint density at radius 3 is 2.44 bits per heavy atom.